The van der Waals surface area contributed by atoms with Crippen LogP contribution in [0.15, 0.2) is 24.3 Å². The minimum absolute atomic E-state index is 0.00772. The van der Waals surface area contributed by atoms with Crippen LogP contribution in [0.5, 0.6) is 0 Å². The summed E-state index contributed by atoms with van der Waals surface area (Å²) in [6.45, 7) is 2.18. The molecular weight excluding hydrogens is 332 g/mol. The van der Waals surface area contributed by atoms with E-state index < -0.39 is 12.1 Å². The van der Waals surface area contributed by atoms with Gasteiger partial charge in [0.05, 0.1) is 11.3 Å². The molecule has 1 atom stereocenters. The molecule has 2 aliphatic rings. The predicted octanol–water partition coefficient (Wildman–Crippen LogP) is 2.81. The van der Waals surface area contributed by atoms with Gasteiger partial charge in [0.2, 0.25) is 5.91 Å². The molecule has 0 aromatic heterocycles. The number of anilines is 1. The number of carbonyl (C=O) groups excluding carboxylic acids is 3. The number of hydrogen-bond acceptors (Lipinski definition) is 4. The maximum Gasteiger partial charge on any atom is 0.341 e. The zero-order valence-corrected chi connectivity index (χ0v) is 15.2. The van der Waals surface area contributed by atoms with Gasteiger partial charge in [-0.25, -0.2) is 4.79 Å². The number of carbonyl (C=O) groups is 3. The fourth-order valence-electron chi connectivity index (χ4n) is 3.63. The number of nitrogens with zero attached hydrogens (tertiary/aromatic N) is 1. The van der Waals surface area contributed by atoms with Crippen LogP contribution >= 0.6 is 0 Å². The average Bonchev–Trinajstić information content (AvgIpc) is 3.08. The molecule has 3 rings (SSSR count). The van der Waals surface area contributed by atoms with Crippen molar-refractivity contribution < 1.29 is 19.1 Å². The number of para-hydroxylation sites is 1. The van der Waals surface area contributed by atoms with E-state index in [1.165, 1.54) is 6.42 Å². The van der Waals surface area contributed by atoms with Crippen molar-refractivity contribution in [3.05, 3.63) is 29.8 Å². The summed E-state index contributed by atoms with van der Waals surface area (Å²) >= 11 is 0. The Labute approximate surface area is 153 Å². The highest BCUT2D eigenvalue weighted by molar-refractivity contribution is 6.04. The van der Waals surface area contributed by atoms with Crippen LogP contribution in [0.2, 0.25) is 0 Å². The molecule has 1 aliphatic heterocycles. The molecule has 1 N–H and O–H groups in total. The Morgan fingerprint density at radius 2 is 1.88 bits per heavy atom. The number of nitrogens with one attached hydrogen (secondary N) is 1. The number of rotatable bonds is 5. The van der Waals surface area contributed by atoms with Crippen molar-refractivity contribution in [1.82, 2.24) is 5.32 Å². The van der Waals surface area contributed by atoms with E-state index in [0.717, 1.165) is 32.1 Å². The van der Waals surface area contributed by atoms with E-state index in [9.17, 15) is 14.4 Å². The summed E-state index contributed by atoms with van der Waals surface area (Å²) in [5.41, 5.74) is 0.875. The van der Waals surface area contributed by atoms with E-state index in [-0.39, 0.29) is 17.9 Å². The van der Waals surface area contributed by atoms with Gasteiger partial charge in [0, 0.05) is 19.0 Å². The second-order valence-corrected chi connectivity index (χ2v) is 7.06. The summed E-state index contributed by atoms with van der Waals surface area (Å²) in [6.07, 6.45) is 5.81. The molecule has 1 aromatic carbocycles. The molecule has 1 saturated heterocycles. The Balaban J connectivity index is 1.64. The molecule has 1 heterocycles. The van der Waals surface area contributed by atoms with Crippen LogP contribution in [0.4, 0.5) is 5.69 Å². The van der Waals surface area contributed by atoms with Crippen LogP contribution in [0, 0.1) is 0 Å². The van der Waals surface area contributed by atoms with Gasteiger partial charge in [0.15, 0.2) is 6.10 Å². The first-order valence-corrected chi connectivity index (χ1v) is 9.47. The maximum atomic E-state index is 12.6. The fraction of sp³-hybridized carbons (Fsp3) is 0.550. The maximum absolute atomic E-state index is 12.6. The first-order chi connectivity index (χ1) is 12.6. The van der Waals surface area contributed by atoms with E-state index in [1.807, 2.05) is 0 Å². The van der Waals surface area contributed by atoms with Gasteiger partial charge in [-0.15, -0.1) is 0 Å². The van der Waals surface area contributed by atoms with Crippen LogP contribution in [-0.4, -0.2) is 36.5 Å². The first-order valence-electron chi connectivity index (χ1n) is 9.47. The second kappa shape index (κ2) is 8.34. The van der Waals surface area contributed by atoms with E-state index in [0.29, 0.717) is 24.2 Å². The van der Waals surface area contributed by atoms with Crippen molar-refractivity contribution in [2.75, 3.05) is 11.4 Å². The molecule has 2 fully saturated rings. The fourth-order valence-corrected chi connectivity index (χ4v) is 3.63. The Bertz CT molecular complexity index is 682. The molecule has 1 aromatic rings. The number of ether oxygens (including phenoxy) is 1. The molecule has 1 aliphatic carbocycles. The number of hydrogen-bond donors (Lipinski definition) is 1. The zero-order chi connectivity index (χ0) is 18.5. The molecule has 26 heavy (non-hydrogen) atoms. The van der Waals surface area contributed by atoms with Gasteiger partial charge in [-0.2, -0.15) is 0 Å². The van der Waals surface area contributed by atoms with Crippen LogP contribution in [-0.2, 0) is 14.3 Å². The van der Waals surface area contributed by atoms with Crippen molar-refractivity contribution in [2.45, 2.75) is 64.0 Å². The lowest BCUT2D eigenvalue weighted by Gasteiger charge is -2.24. The number of esters is 1. The predicted molar refractivity (Wildman–Crippen MR) is 97.9 cm³/mol. The summed E-state index contributed by atoms with van der Waals surface area (Å²) in [7, 11) is 0. The van der Waals surface area contributed by atoms with Gasteiger partial charge < -0.3 is 15.0 Å². The Morgan fingerprint density at radius 1 is 1.15 bits per heavy atom. The van der Waals surface area contributed by atoms with Gasteiger partial charge in [-0.1, -0.05) is 31.4 Å². The lowest BCUT2D eigenvalue weighted by Crippen LogP contribution is -2.42. The lowest BCUT2D eigenvalue weighted by molar-refractivity contribution is -0.130. The second-order valence-electron chi connectivity index (χ2n) is 7.06. The van der Waals surface area contributed by atoms with Crippen molar-refractivity contribution in [3.8, 4) is 0 Å². The van der Waals surface area contributed by atoms with Crippen molar-refractivity contribution >= 4 is 23.5 Å². The summed E-state index contributed by atoms with van der Waals surface area (Å²) in [5.74, 6) is -0.833. The normalized spacial score (nSPS) is 19.3. The third-order valence-corrected chi connectivity index (χ3v) is 5.09. The standard InChI is InChI=1S/C20H26N2O4/c1-14(19(24)21-15-8-3-2-4-9-15)26-20(25)16-10-5-6-11-17(16)22-13-7-12-18(22)23/h5-6,10-11,14-15H,2-4,7-9,12-13H2,1H3,(H,21,24)/t14-/m0/s1. The first kappa shape index (κ1) is 18.4. The summed E-state index contributed by atoms with van der Waals surface area (Å²) in [6, 6.07) is 7.07. The monoisotopic (exact) mass is 358 g/mol. The van der Waals surface area contributed by atoms with Crippen LogP contribution in [0.3, 0.4) is 0 Å². The van der Waals surface area contributed by atoms with Gasteiger partial charge >= 0.3 is 5.97 Å². The third kappa shape index (κ3) is 4.23. The molecule has 6 nitrogen and oxygen atoms in total. The van der Waals surface area contributed by atoms with Gasteiger partial charge in [0.25, 0.3) is 5.91 Å². The highest BCUT2D eigenvalue weighted by Gasteiger charge is 2.28. The zero-order valence-electron chi connectivity index (χ0n) is 15.2. The van der Waals surface area contributed by atoms with E-state index in [4.69, 9.17) is 4.74 Å². The van der Waals surface area contributed by atoms with Crippen LogP contribution in [0.1, 0.15) is 62.2 Å². The van der Waals surface area contributed by atoms with E-state index in [2.05, 4.69) is 5.32 Å². The molecule has 1 saturated carbocycles. The molecule has 2 amide bonds. The van der Waals surface area contributed by atoms with Crippen molar-refractivity contribution in [1.29, 1.82) is 0 Å². The highest BCUT2D eigenvalue weighted by Crippen LogP contribution is 2.26. The summed E-state index contributed by atoms with van der Waals surface area (Å²) in [5, 5.41) is 2.97. The Morgan fingerprint density at radius 3 is 2.58 bits per heavy atom. The molecule has 0 unspecified atom stereocenters. The summed E-state index contributed by atoms with van der Waals surface area (Å²) in [4.78, 5) is 38.5. The molecule has 0 bridgehead atoms. The van der Waals surface area contributed by atoms with E-state index >= 15 is 0 Å². The van der Waals surface area contributed by atoms with Crippen molar-refractivity contribution in [2.24, 2.45) is 0 Å². The number of benzene rings is 1. The Kier molecular flexibility index (Phi) is 5.91. The lowest BCUT2D eigenvalue weighted by atomic mass is 9.95. The van der Waals surface area contributed by atoms with Gasteiger partial charge in [0.1, 0.15) is 0 Å². The molecule has 6 heteroatoms. The number of amides is 2. The van der Waals surface area contributed by atoms with Crippen LogP contribution < -0.4 is 10.2 Å². The molecule has 140 valence electrons. The van der Waals surface area contributed by atoms with Gasteiger partial charge in [-0.05, 0) is 38.3 Å². The quantitative estimate of drug-likeness (QED) is 0.821. The van der Waals surface area contributed by atoms with Crippen molar-refractivity contribution in [3.63, 3.8) is 0 Å². The minimum Gasteiger partial charge on any atom is -0.449 e. The average molecular weight is 358 g/mol. The molecular formula is C20H26N2O4. The topological polar surface area (TPSA) is 75.7 Å². The largest absolute Gasteiger partial charge is 0.449 e. The highest BCUT2D eigenvalue weighted by atomic mass is 16.5. The van der Waals surface area contributed by atoms with Crippen LogP contribution in [0.25, 0.3) is 0 Å². The van der Waals surface area contributed by atoms with Gasteiger partial charge in [-0.3, -0.25) is 9.59 Å². The third-order valence-electron chi connectivity index (χ3n) is 5.09. The smallest absolute Gasteiger partial charge is 0.341 e. The Hall–Kier alpha value is -2.37. The van der Waals surface area contributed by atoms with E-state index in [1.54, 1.807) is 36.1 Å². The SMILES string of the molecule is C[C@H](OC(=O)c1ccccc1N1CCCC1=O)C(=O)NC1CCCCC1. The summed E-state index contributed by atoms with van der Waals surface area (Å²) < 4.78 is 5.39. The molecule has 0 radical (unpaired) electrons. The minimum atomic E-state index is -0.869. The molecule has 0 spiro atoms.